The van der Waals surface area contributed by atoms with Gasteiger partial charge in [0.25, 0.3) is 0 Å². The first-order valence-corrected chi connectivity index (χ1v) is 9.16. The van der Waals surface area contributed by atoms with Gasteiger partial charge in [-0.15, -0.1) is 0 Å². The summed E-state index contributed by atoms with van der Waals surface area (Å²) in [5, 5.41) is 3.28. The van der Waals surface area contributed by atoms with Crippen LogP contribution in [0.1, 0.15) is 24.3 Å². The zero-order valence-electron chi connectivity index (χ0n) is 12.0. The summed E-state index contributed by atoms with van der Waals surface area (Å²) in [6.07, 6.45) is 1.65. The molecule has 3 rings (SSSR count). The third-order valence-electron chi connectivity index (χ3n) is 4.20. The molecule has 2 aliphatic rings. The van der Waals surface area contributed by atoms with E-state index in [4.69, 9.17) is 4.74 Å². The van der Waals surface area contributed by atoms with Crippen LogP contribution in [0.3, 0.4) is 0 Å². The summed E-state index contributed by atoms with van der Waals surface area (Å²) in [6.45, 7) is 2.15. The standard InChI is InChI=1S/C15H22N2O3S/c18-21(19,11-13-7-4-8-20-13)17-15-10-16-9-14(15)12-5-2-1-3-6-12/h1-3,5-6,13-17H,4,7-11H2/t13?,14-,15+/m0/s1. The zero-order chi connectivity index (χ0) is 14.7. The van der Waals surface area contributed by atoms with Crippen molar-refractivity contribution in [2.45, 2.75) is 30.9 Å². The number of sulfonamides is 1. The highest BCUT2D eigenvalue weighted by Crippen LogP contribution is 2.23. The van der Waals surface area contributed by atoms with Crippen molar-refractivity contribution in [1.82, 2.24) is 10.0 Å². The molecule has 1 unspecified atom stereocenters. The maximum atomic E-state index is 12.3. The maximum absolute atomic E-state index is 12.3. The molecule has 5 nitrogen and oxygen atoms in total. The largest absolute Gasteiger partial charge is 0.377 e. The van der Waals surface area contributed by atoms with Gasteiger partial charge in [-0.05, 0) is 18.4 Å². The number of nitrogens with one attached hydrogen (secondary N) is 2. The first-order valence-electron chi connectivity index (χ1n) is 7.51. The summed E-state index contributed by atoms with van der Waals surface area (Å²) >= 11 is 0. The smallest absolute Gasteiger partial charge is 0.214 e. The van der Waals surface area contributed by atoms with Crippen LogP contribution in [0.5, 0.6) is 0 Å². The molecule has 3 atom stereocenters. The van der Waals surface area contributed by atoms with E-state index in [1.54, 1.807) is 0 Å². The van der Waals surface area contributed by atoms with Crippen molar-refractivity contribution < 1.29 is 13.2 Å². The minimum Gasteiger partial charge on any atom is -0.377 e. The SMILES string of the molecule is O=S(=O)(CC1CCCO1)N[C@@H]1CNC[C@H]1c1ccccc1. The Hall–Kier alpha value is -0.950. The summed E-state index contributed by atoms with van der Waals surface area (Å²) in [5.74, 6) is 0.260. The van der Waals surface area contributed by atoms with Gasteiger partial charge in [0.15, 0.2) is 0 Å². The van der Waals surface area contributed by atoms with E-state index in [9.17, 15) is 8.42 Å². The van der Waals surface area contributed by atoms with Gasteiger partial charge in [-0.25, -0.2) is 13.1 Å². The van der Waals surface area contributed by atoms with E-state index in [1.807, 2.05) is 18.2 Å². The molecule has 1 aromatic carbocycles. The summed E-state index contributed by atoms with van der Waals surface area (Å²) in [5.41, 5.74) is 1.17. The fraction of sp³-hybridized carbons (Fsp3) is 0.600. The normalized spacial score (nSPS) is 29.8. The number of benzene rings is 1. The van der Waals surface area contributed by atoms with Gasteiger partial charge < -0.3 is 10.1 Å². The topological polar surface area (TPSA) is 67.4 Å². The monoisotopic (exact) mass is 310 g/mol. The van der Waals surface area contributed by atoms with Crippen LogP contribution in [0.25, 0.3) is 0 Å². The molecule has 2 heterocycles. The van der Waals surface area contributed by atoms with E-state index >= 15 is 0 Å². The molecule has 0 saturated carbocycles. The second-order valence-electron chi connectivity index (χ2n) is 5.82. The van der Waals surface area contributed by atoms with E-state index in [0.29, 0.717) is 13.2 Å². The first kappa shape index (κ1) is 15.0. The zero-order valence-corrected chi connectivity index (χ0v) is 12.8. The van der Waals surface area contributed by atoms with E-state index in [1.165, 1.54) is 5.56 Å². The second-order valence-corrected chi connectivity index (χ2v) is 7.61. The fourth-order valence-corrected chi connectivity index (χ4v) is 4.71. The Morgan fingerprint density at radius 2 is 2.05 bits per heavy atom. The minimum atomic E-state index is -3.30. The summed E-state index contributed by atoms with van der Waals surface area (Å²) < 4.78 is 32.9. The summed E-state index contributed by atoms with van der Waals surface area (Å²) in [4.78, 5) is 0. The lowest BCUT2D eigenvalue weighted by molar-refractivity contribution is 0.127. The van der Waals surface area contributed by atoms with Crippen LogP contribution in [0.2, 0.25) is 0 Å². The highest BCUT2D eigenvalue weighted by atomic mass is 32.2. The summed E-state index contributed by atoms with van der Waals surface area (Å²) in [6, 6.07) is 9.98. The second kappa shape index (κ2) is 6.44. The molecule has 0 bridgehead atoms. The van der Waals surface area contributed by atoms with Crippen LogP contribution in [-0.2, 0) is 14.8 Å². The van der Waals surface area contributed by atoms with Gasteiger partial charge in [0.05, 0.1) is 11.9 Å². The Bertz CT molecular complexity index is 556. The van der Waals surface area contributed by atoms with Crippen molar-refractivity contribution in [3.63, 3.8) is 0 Å². The predicted molar refractivity (Wildman–Crippen MR) is 81.7 cm³/mol. The molecule has 0 aliphatic carbocycles. The van der Waals surface area contributed by atoms with Crippen molar-refractivity contribution in [3.05, 3.63) is 35.9 Å². The Kier molecular flexibility index (Phi) is 4.59. The number of ether oxygens (including phenoxy) is 1. The molecule has 1 aromatic rings. The van der Waals surface area contributed by atoms with Crippen LogP contribution >= 0.6 is 0 Å². The van der Waals surface area contributed by atoms with Crippen molar-refractivity contribution >= 4 is 10.0 Å². The van der Waals surface area contributed by atoms with Gasteiger partial charge in [0.1, 0.15) is 0 Å². The van der Waals surface area contributed by atoms with Crippen LogP contribution < -0.4 is 10.0 Å². The highest BCUT2D eigenvalue weighted by Gasteiger charge is 2.33. The van der Waals surface area contributed by atoms with Crippen LogP contribution in [0.4, 0.5) is 0 Å². The molecule has 0 radical (unpaired) electrons. The van der Waals surface area contributed by atoms with Crippen molar-refractivity contribution in [3.8, 4) is 0 Å². The highest BCUT2D eigenvalue weighted by molar-refractivity contribution is 7.89. The van der Waals surface area contributed by atoms with Crippen molar-refractivity contribution in [1.29, 1.82) is 0 Å². The predicted octanol–water partition coefficient (Wildman–Crippen LogP) is 0.840. The van der Waals surface area contributed by atoms with E-state index < -0.39 is 10.0 Å². The number of hydrogen-bond donors (Lipinski definition) is 2. The lowest BCUT2D eigenvalue weighted by atomic mass is 9.95. The van der Waals surface area contributed by atoms with Crippen molar-refractivity contribution in [2.24, 2.45) is 0 Å². The van der Waals surface area contributed by atoms with Gasteiger partial charge >= 0.3 is 0 Å². The molecule has 0 spiro atoms. The molecule has 0 amide bonds. The van der Waals surface area contributed by atoms with E-state index in [2.05, 4.69) is 22.2 Å². The first-order chi connectivity index (χ1) is 10.1. The van der Waals surface area contributed by atoms with Crippen LogP contribution in [0.15, 0.2) is 30.3 Å². The van der Waals surface area contributed by atoms with Gasteiger partial charge in [0, 0.05) is 31.7 Å². The van der Waals surface area contributed by atoms with E-state index in [0.717, 1.165) is 19.4 Å². The molecule has 116 valence electrons. The molecular weight excluding hydrogens is 288 g/mol. The fourth-order valence-electron chi connectivity index (χ4n) is 3.15. The third kappa shape index (κ3) is 3.83. The molecule has 2 N–H and O–H groups in total. The van der Waals surface area contributed by atoms with Gasteiger partial charge in [-0.3, -0.25) is 0 Å². The molecule has 2 aliphatic heterocycles. The molecule has 21 heavy (non-hydrogen) atoms. The number of hydrogen-bond acceptors (Lipinski definition) is 4. The molecular formula is C15H22N2O3S. The van der Waals surface area contributed by atoms with Crippen molar-refractivity contribution in [2.75, 3.05) is 25.4 Å². The van der Waals surface area contributed by atoms with E-state index in [-0.39, 0.29) is 23.8 Å². The maximum Gasteiger partial charge on any atom is 0.214 e. The summed E-state index contributed by atoms with van der Waals surface area (Å²) in [7, 11) is -3.30. The lowest BCUT2D eigenvalue weighted by Gasteiger charge is -2.21. The average Bonchev–Trinajstić information content (AvgIpc) is 3.10. The van der Waals surface area contributed by atoms with Gasteiger partial charge in [-0.1, -0.05) is 30.3 Å². The Morgan fingerprint density at radius 1 is 1.24 bits per heavy atom. The van der Waals surface area contributed by atoms with Gasteiger partial charge in [0.2, 0.25) is 10.0 Å². The molecule has 2 saturated heterocycles. The Balaban J connectivity index is 1.65. The average molecular weight is 310 g/mol. The molecule has 6 heteroatoms. The minimum absolute atomic E-state index is 0.0744. The van der Waals surface area contributed by atoms with Crippen LogP contribution in [0, 0.1) is 0 Å². The Labute approximate surface area is 126 Å². The van der Waals surface area contributed by atoms with Crippen LogP contribution in [-0.4, -0.2) is 46.0 Å². The Morgan fingerprint density at radius 3 is 2.76 bits per heavy atom. The number of rotatable bonds is 5. The lowest BCUT2D eigenvalue weighted by Crippen LogP contribution is -2.42. The van der Waals surface area contributed by atoms with Gasteiger partial charge in [-0.2, -0.15) is 0 Å². The third-order valence-corrected chi connectivity index (χ3v) is 5.67. The quantitative estimate of drug-likeness (QED) is 0.846. The molecule has 2 fully saturated rings. The molecule has 0 aromatic heterocycles.